The Bertz CT molecular complexity index is 975. The smallest absolute Gasteiger partial charge is 0.262 e. The number of hydrogen-bond acceptors (Lipinski definition) is 6. The predicted molar refractivity (Wildman–Crippen MR) is 133 cm³/mol. The lowest BCUT2D eigenvalue weighted by atomic mass is 10.0. The van der Waals surface area contributed by atoms with Crippen molar-refractivity contribution in [3.8, 4) is 17.2 Å². The Labute approximate surface area is 201 Å². The first kappa shape index (κ1) is 26.7. The number of nitrogens with zero attached hydrogens (tertiary/aromatic N) is 1. The van der Waals surface area contributed by atoms with Gasteiger partial charge in [-0.3, -0.25) is 9.59 Å². The van der Waals surface area contributed by atoms with Gasteiger partial charge in [0.05, 0.1) is 19.4 Å². The number of para-hydroxylation sites is 1. The molecule has 0 aliphatic rings. The van der Waals surface area contributed by atoms with E-state index in [4.69, 9.17) is 14.2 Å². The van der Waals surface area contributed by atoms with E-state index in [1.54, 1.807) is 18.2 Å². The van der Waals surface area contributed by atoms with Gasteiger partial charge in [-0.25, -0.2) is 5.43 Å². The van der Waals surface area contributed by atoms with Crippen molar-refractivity contribution in [1.82, 2.24) is 10.7 Å². The molecule has 0 heterocycles. The van der Waals surface area contributed by atoms with Gasteiger partial charge in [0.25, 0.3) is 11.8 Å². The van der Waals surface area contributed by atoms with E-state index >= 15 is 0 Å². The van der Waals surface area contributed by atoms with Crippen LogP contribution in [-0.2, 0) is 9.59 Å². The molecule has 0 saturated heterocycles. The van der Waals surface area contributed by atoms with E-state index in [0.29, 0.717) is 36.9 Å². The first-order valence-electron chi connectivity index (χ1n) is 11.5. The molecule has 2 aromatic carbocycles. The van der Waals surface area contributed by atoms with E-state index < -0.39 is 11.9 Å². The Balaban J connectivity index is 1.97. The lowest BCUT2D eigenvalue weighted by Gasteiger charge is -2.19. The van der Waals surface area contributed by atoms with E-state index in [-0.39, 0.29) is 18.4 Å². The first-order valence-corrected chi connectivity index (χ1v) is 11.5. The summed E-state index contributed by atoms with van der Waals surface area (Å²) < 4.78 is 16.8. The van der Waals surface area contributed by atoms with Gasteiger partial charge in [0.1, 0.15) is 11.8 Å². The van der Waals surface area contributed by atoms with Gasteiger partial charge < -0.3 is 19.5 Å². The molecule has 2 amide bonds. The summed E-state index contributed by atoms with van der Waals surface area (Å²) in [5.74, 6) is 1.31. The monoisotopic (exact) mass is 469 g/mol. The lowest BCUT2D eigenvalue weighted by Crippen LogP contribution is -2.47. The van der Waals surface area contributed by atoms with E-state index in [1.165, 1.54) is 6.21 Å². The molecule has 0 aliphatic carbocycles. The number of amides is 2. The van der Waals surface area contributed by atoms with Crippen molar-refractivity contribution in [3.05, 3.63) is 53.6 Å². The molecule has 1 atom stereocenters. The van der Waals surface area contributed by atoms with Gasteiger partial charge in [-0.1, -0.05) is 32.0 Å². The van der Waals surface area contributed by atoms with Crippen LogP contribution in [0, 0.1) is 12.8 Å². The van der Waals surface area contributed by atoms with Crippen molar-refractivity contribution < 1.29 is 23.8 Å². The molecule has 8 heteroatoms. The molecule has 0 radical (unpaired) electrons. The zero-order chi connectivity index (χ0) is 24.9. The molecular formula is C26H35N3O5. The van der Waals surface area contributed by atoms with Crippen molar-refractivity contribution in [3.63, 3.8) is 0 Å². The second-order valence-corrected chi connectivity index (χ2v) is 8.11. The van der Waals surface area contributed by atoms with Gasteiger partial charge in [-0.15, -0.1) is 0 Å². The molecular weight excluding hydrogens is 434 g/mol. The molecule has 2 rings (SSSR count). The summed E-state index contributed by atoms with van der Waals surface area (Å²) >= 11 is 0. The zero-order valence-corrected chi connectivity index (χ0v) is 20.6. The highest BCUT2D eigenvalue weighted by atomic mass is 16.5. The number of hydrazone groups is 1. The van der Waals surface area contributed by atoms with Crippen LogP contribution in [0.4, 0.5) is 0 Å². The Morgan fingerprint density at radius 3 is 2.35 bits per heavy atom. The number of hydrogen-bond donors (Lipinski definition) is 2. The topological polar surface area (TPSA) is 98.2 Å². The third kappa shape index (κ3) is 8.77. The van der Waals surface area contributed by atoms with Crippen LogP contribution in [0.5, 0.6) is 17.2 Å². The number of rotatable bonds is 13. The van der Waals surface area contributed by atoms with Crippen molar-refractivity contribution >= 4 is 18.0 Å². The van der Waals surface area contributed by atoms with Crippen molar-refractivity contribution in [2.45, 2.75) is 47.1 Å². The molecule has 34 heavy (non-hydrogen) atoms. The average molecular weight is 470 g/mol. The van der Waals surface area contributed by atoms with Crippen LogP contribution in [-0.4, -0.2) is 43.9 Å². The average Bonchev–Trinajstić information content (AvgIpc) is 2.79. The maximum atomic E-state index is 12.7. The number of carbonyl (C=O) groups is 2. The number of ether oxygens (including phenoxy) is 3. The summed E-state index contributed by atoms with van der Waals surface area (Å²) in [6.45, 7) is 10.5. The Hall–Kier alpha value is -3.55. The highest BCUT2D eigenvalue weighted by molar-refractivity contribution is 5.89. The molecule has 0 aromatic heterocycles. The van der Waals surface area contributed by atoms with E-state index in [1.807, 2.05) is 58.9 Å². The largest absolute Gasteiger partial charge is 0.490 e. The standard InChI is InChI=1S/C26H35N3O5/c1-6-32-23-13-12-20(15-24(23)33-7-2)16-27-29-26(31)21(14-18(3)4)28-25(30)17-34-22-11-9-8-10-19(22)5/h8-13,15-16,18,21H,6-7,14,17H2,1-5H3,(H,28,30)(H,29,31)/b27-16-/t21-/m1/s1. The molecule has 0 spiro atoms. The van der Waals surface area contributed by atoms with Crippen molar-refractivity contribution in [1.29, 1.82) is 0 Å². The second-order valence-electron chi connectivity index (χ2n) is 8.11. The summed E-state index contributed by atoms with van der Waals surface area (Å²) in [5, 5.41) is 6.80. The number of benzene rings is 2. The van der Waals surface area contributed by atoms with Gasteiger partial charge in [0.2, 0.25) is 0 Å². The SMILES string of the molecule is CCOc1ccc(/C=N\NC(=O)[C@@H](CC(C)C)NC(=O)COc2ccccc2C)cc1OCC. The van der Waals surface area contributed by atoms with E-state index in [2.05, 4.69) is 15.8 Å². The lowest BCUT2D eigenvalue weighted by molar-refractivity contribution is -0.130. The Morgan fingerprint density at radius 2 is 1.68 bits per heavy atom. The quantitative estimate of drug-likeness (QED) is 0.343. The molecule has 0 fully saturated rings. The minimum Gasteiger partial charge on any atom is -0.490 e. The second kappa shape index (κ2) is 13.9. The number of aryl methyl sites for hydroxylation is 1. The van der Waals surface area contributed by atoms with Crippen LogP contribution in [0.2, 0.25) is 0 Å². The summed E-state index contributed by atoms with van der Waals surface area (Å²) in [4.78, 5) is 25.1. The maximum absolute atomic E-state index is 12.7. The van der Waals surface area contributed by atoms with Crippen LogP contribution in [0.1, 0.15) is 45.2 Å². The molecule has 184 valence electrons. The normalized spacial score (nSPS) is 11.8. The van der Waals surface area contributed by atoms with Crippen molar-refractivity contribution in [2.75, 3.05) is 19.8 Å². The highest BCUT2D eigenvalue weighted by Gasteiger charge is 2.22. The van der Waals surface area contributed by atoms with Gasteiger partial charge in [-0.2, -0.15) is 5.10 Å². The van der Waals surface area contributed by atoms with E-state index in [0.717, 1.165) is 11.1 Å². The summed E-state index contributed by atoms with van der Waals surface area (Å²) in [6, 6.07) is 12.1. The minimum atomic E-state index is -0.732. The molecule has 2 aromatic rings. The number of nitrogens with one attached hydrogen (secondary N) is 2. The maximum Gasteiger partial charge on any atom is 0.262 e. The summed E-state index contributed by atoms with van der Waals surface area (Å²) in [7, 11) is 0. The molecule has 0 aliphatic heterocycles. The van der Waals surface area contributed by atoms with Crippen LogP contribution in [0.25, 0.3) is 0 Å². The van der Waals surface area contributed by atoms with Gasteiger partial charge in [0.15, 0.2) is 18.1 Å². The van der Waals surface area contributed by atoms with Crippen LogP contribution < -0.4 is 25.0 Å². The van der Waals surface area contributed by atoms with Gasteiger partial charge >= 0.3 is 0 Å². The Morgan fingerprint density at radius 1 is 0.971 bits per heavy atom. The van der Waals surface area contributed by atoms with Crippen LogP contribution >= 0.6 is 0 Å². The van der Waals surface area contributed by atoms with Crippen molar-refractivity contribution in [2.24, 2.45) is 11.0 Å². The summed E-state index contributed by atoms with van der Waals surface area (Å²) in [6.07, 6.45) is 1.99. The molecule has 2 N–H and O–H groups in total. The molecule has 0 bridgehead atoms. The summed E-state index contributed by atoms with van der Waals surface area (Å²) in [5.41, 5.74) is 4.19. The molecule has 8 nitrogen and oxygen atoms in total. The third-order valence-corrected chi connectivity index (χ3v) is 4.77. The predicted octanol–water partition coefficient (Wildman–Crippen LogP) is 3.85. The van der Waals surface area contributed by atoms with Crippen LogP contribution in [0.3, 0.4) is 0 Å². The highest BCUT2D eigenvalue weighted by Crippen LogP contribution is 2.28. The third-order valence-electron chi connectivity index (χ3n) is 4.77. The fraction of sp³-hybridized carbons (Fsp3) is 0.423. The zero-order valence-electron chi connectivity index (χ0n) is 20.6. The Kier molecular flexibility index (Phi) is 10.9. The van der Waals surface area contributed by atoms with Gasteiger partial charge in [0, 0.05) is 0 Å². The molecule has 0 saturated carbocycles. The van der Waals surface area contributed by atoms with E-state index in [9.17, 15) is 9.59 Å². The first-order chi connectivity index (χ1) is 16.3. The van der Waals surface area contributed by atoms with Crippen LogP contribution in [0.15, 0.2) is 47.6 Å². The van der Waals surface area contributed by atoms with Gasteiger partial charge in [-0.05, 0) is 68.5 Å². The fourth-order valence-corrected chi connectivity index (χ4v) is 3.20. The number of carbonyl (C=O) groups excluding carboxylic acids is 2. The molecule has 0 unspecified atom stereocenters. The minimum absolute atomic E-state index is 0.178. The fourth-order valence-electron chi connectivity index (χ4n) is 3.20.